The molecule has 0 atom stereocenters. The Labute approximate surface area is 180 Å². The number of carbonyl (C=O) groups excluding carboxylic acids is 2. The van der Waals surface area contributed by atoms with E-state index in [4.69, 9.17) is 10.5 Å². The zero-order chi connectivity index (χ0) is 22.4. The quantitative estimate of drug-likeness (QED) is 0.559. The number of hydrogen-bond acceptors (Lipinski definition) is 5. The second-order valence-electron chi connectivity index (χ2n) is 6.52. The van der Waals surface area contributed by atoms with Crippen LogP contribution in [0.25, 0.3) is 0 Å². The van der Waals surface area contributed by atoms with E-state index in [1.165, 1.54) is 37.4 Å². The minimum atomic E-state index is -4.05. The maximum Gasteiger partial charge on any atom is 0.264 e. The second kappa shape index (κ2) is 9.31. The van der Waals surface area contributed by atoms with Crippen LogP contribution in [0.3, 0.4) is 0 Å². The van der Waals surface area contributed by atoms with Crippen molar-refractivity contribution in [3.8, 4) is 5.75 Å². The lowest BCUT2D eigenvalue weighted by Gasteiger charge is -2.24. The Kier molecular flexibility index (Phi) is 6.56. The monoisotopic (exact) mass is 439 g/mol. The summed E-state index contributed by atoms with van der Waals surface area (Å²) in [5.41, 5.74) is 6.08. The van der Waals surface area contributed by atoms with Crippen LogP contribution in [0.15, 0.2) is 83.8 Å². The molecular formula is C22H21N3O5S. The van der Waals surface area contributed by atoms with E-state index in [9.17, 15) is 18.0 Å². The molecule has 0 spiro atoms. The van der Waals surface area contributed by atoms with Gasteiger partial charge < -0.3 is 15.8 Å². The van der Waals surface area contributed by atoms with Gasteiger partial charge in [-0.25, -0.2) is 8.42 Å². The van der Waals surface area contributed by atoms with Gasteiger partial charge in [0.05, 0.1) is 17.7 Å². The van der Waals surface area contributed by atoms with Gasteiger partial charge in [-0.3, -0.25) is 13.9 Å². The van der Waals surface area contributed by atoms with Crippen LogP contribution >= 0.6 is 0 Å². The third-order valence-corrected chi connectivity index (χ3v) is 6.18. The molecule has 8 nitrogen and oxygen atoms in total. The van der Waals surface area contributed by atoms with Crippen molar-refractivity contribution in [1.29, 1.82) is 0 Å². The average Bonchev–Trinajstić information content (AvgIpc) is 2.78. The first-order valence-corrected chi connectivity index (χ1v) is 10.7. The van der Waals surface area contributed by atoms with Crippen LogP contribution in [0.4, 0.5) is 11.4 Å². The van der Waals surface area contributed by atoms with Crippen molar-refractivity contribution in [3.63, 3.8) is 0 Å². The predicted octanol–water partition coefficient (Wildman–Crippen LogP) is 2.63. The minimum Gasteiger partial charge on any atom is -0.497 e. The number of methoxy groups -OCH3 is 1. The van der Waals surface area contributed by atoms with Crippen molar-refractivity contribution < 1.29 is 22.7 Å². The van der Waals surface area contributed by atoms with E-state index in [2.05, 4.69) is 5.32 Å². The highest BCUT2D eigenvalue weighted by Crippen LogP contribution is 2.27. The molecule has 9 heteroatoms. The van der Waals surface area contributed by atoms with Gasteiger partial charge in [-0.1, -0.05) is 30.3 Å². The maximum atomic E-state index is 13.3. The molecule has 0 aromatic heterocycles. The average molecular weight is 439 g/mol. The smallest absolute Gasteiger partial charge is 0.264 e. The fourth-order valence-corrected chi connectivity index (χ4v) is 4.32. The third-order valence-electron chi connectivity index (χ3n) is 4.39. The normalized spacial score (nSPS) is 10.9. The van der Waals surface area contributed by atoms with Crippen LogP contribution in [0.2, 0.25) is 0 Å². The van der Waals surface area contributed by atoms with E-state index in [1.54, 1.807) is 48.5 Å². The van der Waals surface area contributed by atoms with Crippen LogP contribution in [-0.4, -0.2) is 33.9 Å². The van der Waals surface area contributed by atoms with E-state index in [0.29, 0.717) is 11.4 Å². The summed E-state index contributed by atoms with van der Waals surface area (Å²) in [6.45, 7) is -0.495. The Bertz CT molecular complexity index is 1200. The Morgan fingerprint density at radius 1 is 0.968 bits per heavy atom. The van der Waals surface area contributed by atoms with Gasteiger partial charge in [-0.05, 0) is 42.5 Å². The van der Waals surface area contributed by atoms with E-state index < -0.39 is 28.4 Å². The molecule has 0 fully saturated rings. The number of nitrogens with one attached hydrogen (secondary N) is 1. The lowest BCUT2D eigenvalue weighted by Crippen LogP contribution is -2.38. The summed E-state index contributed by atoms with van der Waals surface area (Å²) >= 11 is 0. The molecule has 160 valence electrons. The number of primary amides is 1. The molecule has 3 aromatic carbocycles. The third kappa shape index (κ3) is 5.20. The van der Waals surface area contributed by atoms with E-state index in [0.717, 1.165) is 4.31 Å². The summed E-state index contributed by atoms with van der Waals surface area (Å²) in [5.74, 6) is -0.787. The van der Waals surface area contributed by atoms with E-state index in [1.807, 2.05) is 0 Å². The molecule has 3 rings (SSSR count). The second-order valence-corrected chi connectivity index (χ2v) is 8.38. The molecular weight excluding hydrogens is 418 g/mol. The first kappa shape index (κ1) is 21.8. The van der Waals surface area contributed by atoms with Gasteiger partial charge in [0.15, 0.2) is 0 Å². The van der Waals surface area contributed by atoms with Gasteiger partial charge in [0.1, 0.15) is 12.3 Å². The van der Waals surface area contributed by atoms with E-state index >= 15 is 0 Å². The zero-order valence-electron chi connectivity index (χ0n) is 16.7. The van der Waals surface area contributed by atoms with Gasteiger partial charge in [0.25, 0.3) is 10.0 Å². The summed E-state index contributed by atoms with van der Waals surface area (Å²) in [7, 11) is -2.58. The molecule has 0 aliphatic rings. The van der Waals surface area contributed by atoms with Crippen molar-refractivity contribution in [1.82, 2.24) is 0 Å². The molecule has 0 aliphatic carbocycles. The number of sulfonamides is 1. The largest absolute Gasteiger partial charge is 0.497 e. The number of amides is 2. The molecule has 0 heterocycles. The van der Waals surface area contributed by atoms with Crippen LogP contribution < -0.4 is 20.1 Å². The molecule has 0 bridgehead atoms. The Morgan fingerprint density at radius 2 is 1.68 bits per heavy atom. The molecule has 0 aliphatic heterocycles. The molecule has 0 unspecified atom stereocenters. The van der Waals surface area contributed by atoms with Crippen molar-refractivity contribution in [2.24, 2.45) is 5.73 Å². The lowest BCUT2D eigenvalue weighted by atomic mass is 10.2. The molecule has 3 aromatic rings. The first-order valence-electron chi connectivity index (χ1n) is 9.23. The summed E-state index contributed by atoms with van der Waals surface area (Å²) < 4.78 is 32.8. The summed E-state index contributed by atoms with van der Waals surface area (Å²) in [6, 6.07) is 20.3. The fraction of sp³-hybridized carbons (Fsp3) is 0.0909. The zero-order valence-corrected chi connectivity index (χ0v) is 17.5. The van der Waals surface area contributed by atoms with Crippen LogP contribution in [0.5, 0.6) is 5.75 Å². The van der Waals surface area contributed by atoms with Gasteiger partial charge in [-0.15, -0.1) is 0 Å². The standard InChI is InChI=1S/C22H21N3O5S/c1-30-19-10-6-9-18(14-19)25(31(28,29)20-11-3-2-4-12-20)15-21(26)24-17-8-5-7-16(13-17)22(23)27/h2-14H,15H2,1H3,(H2,23,27)(H,24,26). The van der Waals surface area contributed by atoms with Gasteiger partial charge in [0, 0.05) is 17.3 Å². The molecule has 31 heavy (non-hydrogen) atoms. The van der Waals surface area contributed by atoms with E-state index in [-0.39, 0.29) is 16.1 Å². The Balaban J connectivity index is 1.94. The van der Waals surface area contributed by atoms with Crippen LogP contribution in [-0.2, 0) is 14.8 Å². The summed E-state index contributed by atoms with van der Waals surface area (Å²) in [4.78, 5) is 24.1. The van der Waals surface area contributed by atoms with Gasteiger partial charge in [-0.2, -0.15) is 0 Å². The van der Waals surface area contributed by atoms with Gasteiger partial charge in [0.2, 0.25) is 11.8 Å². The maximum absolute atomic E-state index is 13.3. The van der Waals surface area contributed by atoms with Crippen molar-refractivity contribution in [2.75, 3.05) is 23.3 Å². The fourth-order valence-electron chi connectivity index (χ4n) is 2.88. The SMILES string of the molecule is COc1cccc(N(CC(=O)Nc2cccc(C(N)=O)c2)S(=O)(=O)c2ccccc2)c1. The number of carbonyl (C=O) groups is 2. The molecule has 0 radical (unpaired) electrons. The Morgan fingerprint density at radius 3 is 2.35 bits per heavy atom. The van der Waals surface area contributed by atoms with Crippen LogP contribution in [0.1, 0.15) is 10.4 Å². The summed E-state index contributed by atoms with van der Waals surface area (Å²) in [5, 5.41) is 2.61. The number of anilines is 2. The number of nitrogens with zero attached hydrogens (tertiary/aromatic N) is 1. The number of hydrogen-bond donors (Lipinski definition) is 2. The number of rotatable bonds is 8. The van der Waals surface area contributed by atoms with Crippen molar-refractivity contribution in [3.05, 3.63) is 84.4 Å². The van der Waals surface area contributed by atoms with Crippen molar-refractivity contribution in [2.45, 2.75) is 4.90 Å². The minimum absolute atomic E-state index is 0.0429. The predicted molar refractivity (Wildman–Crippen MR) is 118 cm³/mol. The molecule has 0 saturated heterocycles. The molecule has 0 saturated carbocycles. The lowest BCUT2D eigenvalue weighted by molar-refractivity contribution is -0.114. The number of ether oxygens (including phenoxy) is 1. The van der Waals surface area contributed by atoms with Crippen molar-refractivity contribution >= 4 is 33.2 Å². The highest BCUT2D eigenvalue weighted by Gasteiger charge is 2.27. The number of benzene rings is 3. The first-order chi connectivity index (χ1) is 14.8. The van der Waals surface area contributed by atoms with Crippen LogP contribution in [0, 0.1) is 0 Å². The number of nitrogens with two attached hydrogens (primary N) is 1. The highest BCUT2D eigenvalue weighted by atomic mass is 32.2. The highest BCUT2D eigenvalue weighted by molar-refractivity contribution is 7.92. The molecule has 2 amide bonds. The topological polar surface area (TPSA) is 119 Å². The Hall–Kier alpha value is -3.85. The summed E-state index contributed by atoms with van der Waals surface area (Å²) in [6.07, 6.45) is 0. The van der Waals surface area contributed by atoms with Gasteiger partial charge >= 0.3 is 0 Å². The molecule has 3 N–H and O–H groups in total.